The Labute approximate surface area is 106 Å². The lowest BCUT2D eigenvalue weighted by Crippen LogP contribution is -2.45. The highest BCUT2D eigenvalue weighted by atomic mass is 16.1. The van der Waals surface area contributed by atoms with E-state index >= 15 is 0 Å². The van der Waals surface area contributed by atoms with Crippen molar-refractivity contribution in [3.63, 3.8) is 0 Å². The van der Waals surface area contributed by atoms with E-state index in [1.165, 1.54) is 19.3 Å². The van der Waals surface area contributed by atoms with Gasteiger partial charge >= 0.3 is 0 Å². The Morgan fingerprint density at radius 2 is 2.00 bits per heavy atom. The van der Waals surface area contributed by atoms with E-state index in [1.54, 1.807) is 0 Å². The Hall–Kier alpha value is -0.570. The molecule has 0 spiro atoms. The lowest BCUT2D eigenvalue weighted by atomic mass is 9.85. The van der Waals surface area contributed by atoms with Gasteiger partial charge in [0, 0.05) is 12.6 Å². The SMILES string of the molecule is CC(C)CC(CN)C(=O)NC1CCCCC1C. The zero-order chi connectivity index (χ0) is 12.8. The van der Waals surface area contributed by atoms with Crippen LogP contribution in [0.4, 0.5) is 0 Å². The summed E-state index contributed by atoms with van der Waals surface area (Å²) in [6, 6.07) is 0.373. The van der Waals surface area contributed by atoms with Crippen LogP contribution in [-0.2, 0) is 4.79 Å². The van der Waals surface area contributed by atoms with Crippen LogP contribution in [0.3, 0.4) is 0 Å². The van der Waals surface area contributed by atoms with Crippen molar-refractivity contribution >= 4 is 5.91 Å². The van der Waals surface area contributed by atoms with Gasteiger partial charge in [-0.1, -0.05) is 33.6 Å². The molecular weight excluding hydrogens is 212 g/mol. The van der Waals surface area contributed by atoms with Gasteiger partial charge in [0.05, 0.1) is 5.92 Å². The minimum atomic E-state index is -0.0101. The van der Waals surface area contributed by atoms with Gasteiger partial charge < -0.3 is 11.1 Å². The average molecular weight is 240 g/mol. The molecule has 3 atom stereocenters. The Kier molecular flexibility index (Phi) is 5.96. The van der Waals surface area contributed by atoms with Crippen LogP contribution >= 0.6 is 0 Å². The highest BCUT2D eigenvalue weighted by molar-refractivity contribution is 5.79. The minimum absolute atomic E-state index is 0.0101. The number of nitrogens with two attached hydrogens (primary N) is 1. The third-order valence-electron chi connectivity index (χ3n) is 3.85. The molecule has 0 aromatic carbocycles. The van der Waals surface area contributed by atoms with Gasteiger partial charge in [0.1, 0.15) is 0 Å². The molecule has 1 amide bonds. The molecule has 0 aromatic heterocycles. The van der Waals surface area contributed by atoms with Crippen LogP contribution in [0.15, 0.2) is 0 Å². The number of nitrogens with one attached hydrogen (secondary N) is 1. The molecule has 1 fully saturated rings. The number of hydrogen-bond donors (Lipinski definition) is 2. The molecule has 0 saturated heterocycles. The predicted octanol–water partition coefficient (Wildman–Crippen LogP) is 2.30. The molecular formula is C14H28N2O. The molecule has 1 aliphatic carbocycles. The van der Waals surface area contributed by atoms with Crippen LogP contribution < -0.4 is 11.1 Å². The topological polar surface area (TPSA) is 55.1 Å². The van der Waals surface area contributed by atoms with Gasteiger partial charge in [-0.2, -0.15) is 0 Å². The number of carbonyl (C=O) groups is 1. The number of hydrogen-bond acceptors (Lipinski definition) is 2. The Morgan fingerprint density at radius 1 is 1.35 bits per heavy atom. The van der Waals surface area contributed by atoms with Crippen molar-refractivity contribution in [3.05, 3.63) is 0 Å². The molecule has 0 radical (unpaired) electrons. The molecule has 17 heavy (non-hydrogen) atoms. The number of amides is 1. The molecule has 100 valence electrons. The van der Waals surface area contributed by atoms with E-state index in [4.69, 9.17) is 5.73 Å². The van der Waals surface area contributed by atoms with Gasteiger partial charge in [0.2, 0.25) is 5.91 Å². The van der Waals surface area contributed by atoms with Gasteiger partial charge in [-0.15, -0.1) is 0 Å². The summed E-state index contributed by atoms with van der Waals surface area (Å²) in [7, 11) is 0. The fraction of sp³-hybridized carbons (Fsp3) is 0.929. The summed E-state index contributed by atoms with van der Waals surface area (Å²) in [6.45, 7) is 6.98. The zero-order valence-corrected chi connectivity index (χ0v) is 11.5. The first-order chi connectivity index (χ1) is 8.04. The van der Waals surface area contributed by atoms with Crippen LogP contribution in [-0.4, -0.2) is 18.5 Å². The maximum Gasteiger partial charge on any atom is 0.224 e. The van der Waals surface area contributed by atoms with Gasteiger partial charge in [-0.25, -0.2) is 0 Å². The summed E-state index contributed by atoms with van der Waals surface area (Å²) in [4.78, 5) is 12.1. The summed E-state index contributed by atoms with van der Waals surface area (Å²) in [5.41, 5.74) is 5.70. The molecule has 1 aliphatic rings. The van der Waals surface area contributed by atoms with Gasteiger partial charge in [0.25, 0.3) is 0 Å². The second kappa shape index (κ2) is 7.00. The highest BCUT2D eigenvalue weighted by Gasteiger charge is 2.26. The van der Waals surface area contributed by atoms with Gasteiger partial charge in [-0.05, 0) is 31.1 Å². The molecule has 1 saturated carbocycles. The summed E-state index contributed by atoms with van der Waals surface area (Å²) in [6.07, 6.45) is 5.81. The normalized spacial score (nSPS) is 26.9. The van der Waals surface area contributed by atoms with E-state index in [0.29, 0.717) is 24.4 Å². The quantitative estimate of drug-likeness (QED) is 0.774. The fourth-order valence-corrected chi connectivity index (χ4v) is 2.71. The van der Waals surface area contributed by atoms with Crippen molar-refractivity contribution in [1.29, 1.82) is 0 Å². The summed E-state index contributed by atoms with van der Waals surface area (Å²) < 4.78 is 0. The molecule has 3 nitrogen and oxygen atoms in total. The van der Waals surface area contributed by atoms with Crippen LogP contribution in [0.2, 0.25) is 0 Å². The van der Waals surface area contributed by atoms with E-state index in [2.05, 4.69) is 26.1 Å². The summed E-state index contributed by atoms with van der Waals surface area (Å²) in [5.74, 6) is 1.30. The van der Waals surface area contributed by atoms with Gasteiger partial charge in [0.15, 0.2) is 0 Å². The first kappa shape index (κ1) is 14.5. The van der Waals surface area contributed by atoms with Crippen molar-refractivity contribution in [2.24, 2.45) is 23.5 Å². The predicted molar refractivity (Wildman–Crippen MR) is 71.6 cm³/mol. The largest absolute Gasteiger partial charge is 0.353 e. The molecule has 0 aromatic rings. The molecule has 3 heteroatoms. The van der Waals surface area contributed by atoms with Crippen molar-refractivity contribution in [2.45, 2.75) is 58.9 Å². The lowest BCUT2D eigenvalue weighted by molar-refractivity contribution is -0.126. The van der Waals surface area contributed by atoms with Crippen LogP contribution in [0.25, 0.3) is 0 Å². The lowest BCUT2D eigenvalue weighted by Gasteiger charge is -2.31. The highest BCUT2D eigenvalue weighted by Crippen LogP contribution is 2.24. The second-order valence-corrected chi connectivity index (χ2v) is 5.94. The van der Waals surface area contributed by atoms with Crippen molar-refractivity contribution < 1.29 is 4.79 Å². The second-order valence-electron chi connectivity index (χ2n) is 5.94. The van der Waals surface area contributed by atoms with Crippen LogP contribution in [0.1, 0.15) is 52.9 Å². The Balaban J connectivity index is 2.45. The smallest absolute Gasteiger partial charge is 0.224 e. The number of rotatable bonds is 5. The minimum Gasteiger partial charge on any atom is -0.353 e. The molecule has 3 N–H and O–H groups in total. The van der Waals surface area contributed by atoms with Crippen molar-refractivity contribution in [3.8, 4) is 0 Å². The molecule has 0 aliphatic heterocycles. The van der Waals surface area contributed by atoms with Crippen LogP contribution in [0, 0.1) is 17.8 Å². The third kappa shape index (κ3) is 4.66. The maximum absolute atomic E-state index is 12.1. The molecule has 3 unspecified atom stereocenters. The van der Waals surface area contributed by atoms with Crippen molar-refractivity contribution in [2.75, 3.05) is 6.54 Å². The van der Waals surface area contributed by atoms with E-state index < -0.39 is 0 Å². The molecule has 0 heterocycles. The Bertz CT molecular complexity index is 240. The van der Waals surface area contributed by atoms with E-state index in [0.717, 1.165) is 12.8 Å². The van der Waals surface area contributed by atoms with E-state index in [-0.39, 0.29) is 11.8 Å². The first-order valence-electron chi connectivity index (χ1n) is 7.05. The van der Waals surface area contributed by atoms with Crippen molar-refractivity contribution in [1.82, 2.24) is 5.32 Å². The molecule has 1 rings (SSSR count). The summed E-state index contributed by atoms with van der Waals surface area (Å²) in [5, 5.41) is 3.21. The molecule has 0 bridgehead atoms. The van der Waals surface area contributed by atoms with E-state index in [1.807, 2.05) is 0 Å². The maximum atomic E-state index is 12.1. The first-order valence-corrected chi connectivity index (χ1v) is 7.05. The zero-order valence-electron chi connectivity index (χ0n) is 11.5. The third-order valence-corrected chi connectivity index (χ3v) is 3.85. The standard InChI is InChI=1S/C14H28N2O/c1-10(2)8-12(9-15)14(17)16-13-7-5-4-6-11(13)3/h10-13H,4-9,15H2,1-3H3,(H,16,17). The Morgan fingerprint density at radius 3 is 2.53 bits per heavy atom. The fourth-order valence-electron chi connectivity index (χ4n) is 2.71. The average Bonchev–Trinajstić information content (AvgIpc) is 2.28. The van der Waals surface area contributed by atoms with Crippen LogP contribution in [0.5, 0.6) is 0 Å². The summed E-state index contributed by atoms with van der Waals surface area (Å²) >= 11 is 0. The van der Waals surface area contributed by atoms with Gasteiger partial charge in [-0.3, -0.25) is 4.79 Å². The monoisotopic (exact) mass is 240 g/mol. The van der Waals surface area contributed by atoms with E-state index in [9.17, 15) is 4.79 Å². The number of carbonyl (C=O) groups excluding carboxylic acids is 1.